The zero-order chi connectivity index (χ0) is 19.8. The molecule has 0 aliphatic rings. The van der Waals surface area contributed by atoms with Gasteiger partial charge in [0.25, 0.3) is 0 Å². The molecule has 1 aromatic heterocycles. The molecule has 0 saturated heterocycles. The molecule has 28 heavy (non-hydrogen) atoms. The van der Waals surface area contributed by atoms with Crippen LogP contribution >= 0.6 is 0 Å². The molecule has 0 fully saturated rings. The summed E-state index contributed by atoms with van der Waals surface area (Å²) in [7, 11) is 1.69. The van der Waals surface area contributed by atoms with Gasteiger partial charge in [0.15, 0.2) is 5.96 Å². The number of para-hydroxylation sites is 1. The van der Waals surface area contributed by atoms with Gasteiger partial charge in [-0.1, -0.05) is 30.3 Å². The molecule has 0 aliphatic heterocycles. The molecular formula is C22H27N5O. The van der Waals surface area contributed by atoms with Gasteiger partial charge in [-0.25, -0.2) is 9.67 Å². The molecular weight excluding hydrogens is 350 g/mol. The lowest BCUT2D eigenvalue weighted by Crippen LogP contribution is -2.37. The molecule has 0 spiro atoms. The van der Waals surface area contributed by atoms with E-state index < -0.39 is 0 Å². The Hall–Kier alpha value is -3.28. The topological polar surface area (TPSA) is 63.5 Å². The van der Waals surface area contributed by atoms with Gasteiger partial charge >= 0.3 is 0 Å². The average molecular weight is 377 g/mol. The van der Waals surface area contributed by atoms with Crippen LogP contribution in [0.3, 0.4) is 0 Å². The molecule has 0 unspecified atom stereocenters. The number of hydrogen-bond acceptors (Lipinski definition) is 3. The van der Waals surface area contributed by atoms with Crippen molar-refractivity contribution in [3.05, 3.63) is 77.6 Å². The molecule has 3 aromatic rings. The Labute approximate surface area is 166 Å². The Kier molecular flexibility index (Phi) is 6.68. The quantitative estimate of drug-likeness (QED) is 0.489. The number of ether oxygens (including phenoxy) is 1. The first-order chi connectivity index (χ1) is 13.7. The maximum atomic E-state index is 5.49. The van der Waals surface area contributed by atoms with Crippen LogP contribution in [-0.4, -0.2) is 29.4 Å². The maximum absolute atomic E-state index is 5.49. The highest BCUT2D eigenvalue weighted by Crippen LogP contribution is 2.20. The first kappa shape index (κ1) is 19.5. The largest absolute Gasteiger partial charge is 0.496 e. The van der Waals surface area contributed by atoms with Crippen molar-refractivity contribution >= 4 is 5.96 Å². The van der Waals surface area contributed by atoms with Crippen molar-refractivity contribution in [2.45, 2.75) is 26.9 Å². The zero-order valence-electron chi connectivity index (χ0n) is 16.6. The van der Waals surface area contributed by atoms with Crippen LogP contribution in [0.1, 0.15) is 23.6 Å². The molecule has 6 nitrogen and oxygen atoms in total. The maximum Gasteiger partial charge on any atom is 0.191 e. The fourth-order valence-corrected chi connectivity index (χ4v) is 2.96. The summed E-state index contributed by atoms with van der Waals surface area (Å²) in [4.78, 5) is 4.72. The summed E-state index contributed by atoms with van der Waals surface area (Å²) in [6.07, 6.45) is 3.73. The smallest absolute Gasteiger partial charge is 0.191 e. The van der Waals surface area contributed by atoms with Crippen LogP contribution in [0.15, 0.2) is 65.9 Å². The first-order valence-electron chi connectivity index (χ1n) is 9.45. The predicted octanol–water partition coefficient (Wildman–Crippen LogP) is 3.44. The number of rotatable bonds is 7. The molecule has 1 heterocycles. The highest BCUT2D eigenvalue weighted by molar-refractivity contribution is 5.79. The molecule has 146 valence electrons. The summed E-state index contributed by atoms with van der Waals surface area (Å²) in [5.41, 5.74) is 4.42. The third-order valence-electron chi connectivity index (χ3n) is 4.38. The Bertz CT molecular complexity index is 918. The van der Waals surface area contributed by atoms with Crippen molar-refractivity contribution in [3.63, 3.8) is 0 Å². The molecule has 0 saturated carbocycles. The molecule has 0 aliphatic carbocycles. The van der Waals surface area contributed by atoms with E-state index in [1.54, 1.807) is 13.3 Å². The van der Waals surface area contributed by atoms with Gasteiger partial charge in [-0.2, -0.15) is 5.10 Å². The van der Waals surface area contributed by atoms with Crippen molar-refractivity contribution < 1.29 is 4.74 Å². The molecule has 2 aromatic carbocycles. The number of guanidine groups is 1. The summed E-state index contributed by atoms with van der Waals surface area (Å²) in [5, 5.41) is 11.1. The second-order valence-corrected chi connectivity index (χ2v) is 6.44. The van der Waals surface area contributed by atoms with E-state index in [1.807, 2.05) is 35.1 Å². The van der Waals surface area contributed by atoms with Gasteiger partial charge in [-0.05, 0) is 43.2 Å². The molecule has 0 radical (unpaired) electrons. The van der Waals surface area contributed by atoms with Gasteiger partial charge < -0.3 is 15.4 Å². The number of nitrogens with zero attached hydrogens (tertiary/aromatic N) is 3. The normalized spacial score (nSPS) is 11.3. The van der Waals surface area contributed by atoms with E-state index in [9.17, 15) is 0 Å². The van der Waals surface area contributed by atoms with Crippen molar-refractivity contribution in [1.82, 2.24) is 20.4 Å². The third kappa shape index (κ3) is 4.91. The molecule has 2 N–H and O–H groups in total. The monoisotopic (exact) mass is 377 g/mol. The summed E-state index contributed by atoms with van der Waals surface area (Å²) in [5.74, 6) is 1.63. The molecule has 0 atom stereocenters. The standard InChI is InChI=1S/C22H27N5O/c1-4-23-22(25-16-19-11-10-17(2)14-21(19)28-3)24-15-18-8-5-6-9-20(18)27-13-7-12-26-27/h5-14H,4,15-16H2,1-3H3,(H2,23,24,25). The fraction of sp³-hybridized carbons (Fsp3) is 0.273. The van der Waals surface area contributed by atoms with Gasteiger partial charge in [0.05, 0.1) is 19.3 Å². The van der Waals surface area contributed by atoms with Gasteiger partial charge in [-0.15, -0.1) is 0 Å². The fourth-order valence-electron chi connectivity index (χ4n) is 2.96. The van der Waals surface area contributed by atoms with Crippen LogP contribution in [0.2, 0.25) is 0 Å². The van der Waals surface area contributed by atoms with E-state index >= 15 is 0 Å². The molecule has 0 bridgehead atoms. The highest BCUT2D eigenvalue weighted by Gasteiger charge is 2.07. The summed E-state index contributed by atoms with van der Waals surface area (Å²) in [6, 6.07) is 16.3. The molecule has 3 rings (SSSR count). The second-order valence-electron chi connectivity index (χ2n) is 6.44. The number of hydrogen-bond donors (Lipinski definition) is 2. The number of nitrogens with one attached hydrogen (secondary N) is 2. The van der Waals surface area contributed by atoms with Crippen LogP contribution < -0.4 is 15.4 Å². The Balaban J connectivity index is 1.73. The Morgan fingerprint density at radius 1 is 1.11 bits per heavy atom. The van der Waals surface area contributed by atoms with E-state index in [-0.39, 0.29) is 0 Å². The first-order valence-corrected chi connectivity index (χ1v) is 9.45. The van der Waals surface area contributed by atoms with Crippen molar-refractivity contribution in [2.24, 2.45) is 4.99 Å². The van der Waals surface area contributed by atoms with Crippen LogP contribution in [0, 0.1) is 6.92 Å². The van der Waals surface area contributed by atoms with E-state index in [1.165, 1.54) is 5.56 Å². The van der Waals surface area contributed by atoms with Crippen LogP contribution in [0.25, 0.3) is 5.69 Å². The SMILES string of the molecule is CCNC(=NCc1ccc(C)cc1OC)NCc1ccccc1-n1cccn1. The second kappa shape index (κ2) is 9.60. The Morgan fingerprint density at radius 3 is 2.71 bits per heavy atom. The number of benzene rings is 2. The Morgan fingerprint density at radius 2 is 1.96 bits per heavy atom. The van der Waals surface area contributed by atoms with E-state index in [4.69, 9.17) is 9.73 Å². The van der Waals surface area contributed by atoms with Crippen molar-refractivity contribution in [3.8, 4) is 11.4 Å². The van der Waals surface area contributed by atoms with Crippen LogP contribution in [-0.2, 0) is 13.1 Å². The lowest BCUT2D eigenvalue weighted by atomic mass is 10.1. The molecule has 6 heteroatoms. The zero-order valence-corrected chi connectivity index (χ0v) is 16.6. The van der Waals surface area contributed by atoms with E-state index in [2.05, 4.69) is 53.8 Å². The number of aryl methyl sites for hydroxylation is 1. The average Bonchev–Trinajstić information content (AvgIpc) is 3.25. The minimum Gasteiger partial charge on any atom is -0.496 e. The lowest BCUT2D eigenvalue weighted by molar-refractivity contribution is 0.409. The highest BCUT2D eigenvalue weighted by atomic mass is 16.5. The summed E-state index contributed by atoms with van der Waals surface area (Å²) < 4.78 is 7.36. The van der Waals surface area contributed by atoms with Crippen LogP contribution in [0.5, 0.6) is 5.75 Å². The van der Waals surface area contributed by atoms with Gasteiger partial charge in [-0.3, -0.25) is 0 Å². The number of aliphatic imine (C=N–C) groups is 1. The van der Waals surface area contributed by atoms with E-state index in [0.29, 0.717) is 13.1 Å². The minimum absolute atomic E-state index is 0.541. The van der Waals surface area contributed by atoms with Gasteiger partial charge in [0.1, 0.15) is 5.75 Å². The summed E-state index contributed by atoms with van der Waals surface area (Å²) in [6.45, 7) is 6.09. The van der Waals surface area contributed by atoms with E-state index in [0.717, 1.165) is 35.1 Å². The number of aromatic nitrogens is 2. The minimum atomic E-state index is 0.541. The van der Waals surface area contributed by atoms with Crippen molar-refractivity contribution in [1.29, 1.82) is 0 Å². The van der Waals surface area contributed by atoms with Crippen molar-refractivity contribution in [2.75, 3.05) is 13.7 Å². The third-order valence-corrected chi connectivity index (χ3v) is 4.38. The van der Waals surface area contributed by atoms with Gasteiger partial charge in [0.2, 0.25) is 0 Å². The van der Waals surface area contributed by atoms with Gasteiger partial charge in [0, 0.05) is 31.0 Å². The predicted molar refractivity (Wildman–Crippen MR) is 113 cm³/mol. The lowest BCUT2D eigenvalue weighted by Gasteiger charge is -2.14. The number of methoxy groups -OCH3 is 1. The molecule has 0 amide bonds. The summed E-state index contributed by atoms with van der Waals surface area (Å²) >= 11 is 0. The van der Waals surface area contributed by atoms with Crippen LogP contribution in [0.4, 0.5) is 0 Å².